The van der Waals surface area contributed by atoms with Crippen LogP contribution in [0.3, 0.4) is 0 Å². The largest absolute Gasteiger partial charge is 0.593 e. The van der Waals surface area contributed by atoms with Crippen LogP contribution in [0, 0.1) is 16.7 Å². The maximum Gasteiger partial charge on any atom is 0.258 e. The molecule has 2 N–H and O–H groups in total. The van der Waals surface area contributed by atoms with E-state index >= 15 is 0 Å². The van der Waals surface area contributed by atoms with Gasteiger partial charge in [-0.25, -0.2) is 0 Å². The zero-order valence-electron chi connectivity index (χ0n) is 15.4. The quantitative estimate of drug-likeness (QED) is 0.591. The summed E-state index contributed by atoms with van der Waals surface area (Å²) in [5.74, 6) is 0.949. The number of hydrogen-bond donors (Lipinski definition) is 2. The van der Waals surface area contributed by atoms with Crippen LogP contribution in [0.2, 0.25) is 5.02 Å². The predicted molar refractivity (Wildman–Crippen MR) is 112 cm³/mol. The van der Waals surface area contributed by atoms with Crippen molar-refractivity contribution in [1.82, 2.24) is 19.8 Å². The number of guanidine groups is 1. The lowest BCUT2D eigenvalue weighted by atomic mass is 10.0. The number of nitrogens with zero attached hydrogens (tertiary/aromatic N) is 4. The van der Waals surface area contributed by atoms with Crippen molar-refractivity contribution in [2.45, 2.75) is 12.5 Å². The van der Waals surface area contributed by atoms with Crippen molar-refractivity contribution < 1.29 is 8.97 Å². The van der Waals surface area contributed by atoms with Crippen molar-refractivity contribution in [3.8, 4) is 28.3 Å². The van der Waals surface area contributed by atoms with Gasteiger partial charge in [-0.15, -0.1) is 21.5 Å². The third kappa shape index (κ3) is 3.58. The molecule has 1 unspecified atom stereocenters. The lowest BCUT2D eigenvalue weighted by molar-refractivity contribution is 0.424. The van der Waals surface area contributed by atoms with Gasteiger partial charge in [0.2, 0.25) is 11.9 Å². The van der Waals surface area contributed by atoms with Crippen LogP contribution in [0.4, 0.5) is 0 Å². The van der Waals surface area contributed by atoms with Gasteiger partial charge in [0.25, 0.3) is 5.89 Å². The standard InChI is InChI=1S/C18H15ClN6O2S2/c1-18(9-29(26)25(2)17(21)22-18)14-12(19)7-13(28-14)16-24-23-15(27-16)11-5-3-4-10(6-11)8-20/h3-7H,9H2,1-2H3,(H2,21,22)/t18-,29?/m0/s1. The van der Waals surface area contributed by atoms with Gasteiger partial charge in [0.05, 0.1) is 44.8 Å². The van der Waals surface area contributed by atoms with Gasteiger partial charge in [-0.3, -0.25) is 5.41 Å². The number of thiophene rings is 1. The molecular formula is C18H15ClN6O2S2. The highest BCUT2D eigenvalue weighted by Gasteiger charge is 2.44. The summed E-state index contributed by atoms with van der Waals surface area (Å²) in [4.78, 5) is 1.41. The van der Waals surface area contributed by atoms with Gasteiger partial charge < -0.3 is 14.3 Å². The van der Waals surface area contributed by atoms with Crippen LogP contribution >= 0.6 is 22.9 Å². The summed E-state index contributed by atoms with van der Waals surface area (Å²) in [5, 5.41) is 28.8. The molecule has 1 fully saturated rings. The van der Waals surface area contributed by atoms with Crippen molar-refractivity contribution in [2.24, 2.45) is 0 Å². The van der Waals surface area contributed by atoms with Crippen LogP contribution < -0.4 is 5.32 Å². The molecule has 148 valence electrons. The van der Waals surface area contributed by atoms with E-state index in [2.05, 4.69) is 21.6 Å². The first-order chi connectivity index (χ1) is 13.8. The molecule has 0 spiro atoms. The van der Waals surface area contributed by atoms with Gasteiger partial charge >= 0.3 is 0 Å². The van der Waals surface area contributed by atoms with Crippen molar-refractivity contribution in [2.75, 3.05) is 12.8 Å². The summed E-state index contributed by atoms with van der Waals surface area (Å²) >= 11 is 6.49. The van der Waals surface area contributed by atoms with E-state index in [1.165, 1.54) is 15.6 Å². The number of nitriles is 1. The molecule has 4 rings (SSSR count). The number of nitrogens with one attached hydrogen (secondary N) is 2. The van der Waals surface area contributed by atoms with Crippen LogP contribution in [-0.4, -0.2) is 37.8 Å². The monoisotopic (exact) mass is 446 g/mol. The molecule has 1 aliphatic rings. The van der Waals surface area contributed by atoms with Gasteiger partial charge in [0, 0.05) is 5.56 Å². The van der Waals surface area contributed by atoms with Crippen LogP contribution in [-0.2, 0) is 16.9 Å². The summed E-state index contributed by atoms with van der Waals surface area (Å²) in [6, 6.07) is 10.7. The first kappa shape index (κ1) is 19.7. The summed E-state index contributed by atoms with van der Waals surface area (Å²) in [6.07, 6.45) is 0. The second kappa shape index (κ2) is 7.35. The van der Waals surface area contributed by atoms with Crippen LogP contribution in [0.25, 0.3) is 22.2 Å². The molecule has 1 saturated heterocycles. The number of aromatic nitrogens is 2. The molecule has 1 aromatic carbocycles. The maximum absolute atomic E-state index is 12.3. The number of benzene rings is 1. The Morgan fingerprint density at radius 2 is 2.17 bits per heavy atom. The first-order valence-corrected chi connectivity index (χ1v) is 10.9. The van der Waals surface area contributed by atoms with E-state index in [0.717, 1.165) is 4.88 Å². The molecule has 0 bridgehead atoms. The molecule has 2 atom stereocenters. The Morgan fingerprint density at radius 3 is 2.90 bits per heavy atom. The Labute approximate surface area is 178 Å². The highest BCUT2D eigenvalue weighted by atomic mass is 35.5. The van der Waals surface area contributed by atoms with Gasteiger partial charge in [-0.2, -0.15) is 9.57 Å². The second-order valence-electron chi connectivity index (χ2n) is 6.66. The lowest BCUT2D eigenvalue weighted by Crippen LogP contribution is -2.60. The number of rotatable bonds is 3. The van der Waals surface area contributed by atoms with E-state index in [4.69, 9.17) is 26.7 Å². The molecule has 2 aromatic heterocycles. The van der Waals surface area contributed by atoms with E-state index in [0.29, 0.717) is 32.8 Å². The Morgan fingerprint density at radius 1 is 1.41 bits per heavy atom. The van der Waals surface area contributed by atoms with E-state index < -0.39 is 16.9 Å². The Balaban J connectivity index is 1.66. The zero-order valence-corrected chi connectivity index (χ0v) is 17.8. The lowest BCUT2D eigenvalue weighted by Gasteiger charge is -2.39. The maximum atomic E-state index is 12.3. The fourth-order valence-corrected chi connectivity index (χ4v) is 5.77. The second-order valence-corrected chi connectivity index (χ2v) is 9.60. The van der Waals surface area contributed by atoms with Crippen molar-refractivity contribution in [3.63, 3.8) is 0 Å². The average molecular weight is 447 g/mol. The number of halogens is 1. The third-order valence-corrected chi connectivity index (χ3v) is 7.90. The normalized spacial score (nSPS) is 21.7. The van der Waals surface area contributed by atoms with E-state index in [9.17, 15) is 4.55 Å². The average Bonchev–Trinajstić information content (AvgIpc) is 3.33. The fraction of sp³-hybridized carbons (Fsp3) is 0.222. The minimum atomic E-state index is -1.34. The molecule has 29 heavy (non-hydrogen) atoms. The summed E-state index contributed by atoms with van der Waals surface area (Å²) in [7, 11) is 1.60. The van der Waals surface area contributed by atoms with Gasteiger partial charge in [0.15, 0.2) is 5.75 Å². The smallest absolute Gasteiger partial charge is 0.258 e. The Hall–Kier alpha value is -2.58. The molecule has 0 amide bonds. The topological polar surface area (TPSA) is 125 Å². The minimum Gasteiger partial charge on any atom is -0.593 e. The van der Waals surface area contributed by atoms with Crippen molar-refractivity contribution in [1.29, 1.82) is 10.7 Å². The Bertz CT molecular complexity index is 1140. The van der Waals surface area contributed by atoms with Crippen LogP contribution in [0.1, 0.15) is 17.4 Å². The molecule has 3 heterocycles. The minimum absolute atomic E-state index is 0.0700. The zero-order chi connectivity index (χ0) is 20.8. The van der Waals surface area contributed by atoms with Crippen LogP contribution in [0.15, 0.2) is 34.7 Å². The van der Waals surface area contributed by atoms with E-state index in [1.54, 1.807) is 37.4 Å². The fourth-order valence-electron chi connectivity index (χ4n) is 2.96. The molecule has 11 heteroatoms. The third-order valence-electron chi connectivity index (χ3n) is 4.49. The highest BCUT2D eigenvalue weighted by molar-refractivity contribution is 7.89. The molecule has 0 radical (unpaired) electrons. The van der Waals surface area contributed by atoms with E-state index in [1.807, 2.05) is 6.92 Å². The summed E-state index contributed by atoms with van der Waals surface area (Å²) in [6.45, 7) is 1.86. The molecule has 0 saturated carbocycles. The predicted octanol–water partition coefficient (Wildman–Crippen LogP) is 3.34. The van der Waals surface area contributed by atoms with Crippen LogP contribution in [0.5, 0.6) is 0 Å². The summed E-state index contributed by atoms with van der Waals surface area (Å²) < 4.78 is 19.5. The van der Waals surface area contributed by atoms with Gasteiger partial charge in [-0.05, 0) is 31.2 Å². The number of hydrogen-bond acceptors (Lipinski definition) is 7. The molecular weight excluding hydrogens is 432 g/mol. The summed E-state index contributed by atoms with van der Waals surface area (Å²) in [5.41, 5.74) is 0.400. The molecule has 3 aromatic rings. The van der Waals surface area contributed by atoms with Gasteiger partial charge in [-0.1, -0.05) is 17.7 Å². The molecule has 1 aliphatic heterocycles. The SMILES string of the molecule is CN1C(=N)N[C@](C)(c2sc(-c3nnc(-c4cccc(C#N)c4)o3)cc2Cl)C[S+]1[O-]. The molecule has 8 nitrogen and oxygen atoms in total. The van der Waals surface area contributed by atoms with Gasteiger partial charge in [0.1, 0.15) is 5.54 Å². The highest BCUT2D eigenvalue weighted by Crippen LogP contribution is 2.42. The van der Waals surface area contributed by atoms with Crippen molar-refractivity contribution in [3.05, 3.63) is 45.8 Å². The molecule has 0 aliphatic carbocycles. The Kier molecular flexibility index (Phi) is 5.00. The van der Waals surface area contributed by atoms with E-state index in [-0.39, 0.29) is 11.7 Å². The first-order valence-electron chi connectivity index (χ1n) is 8.44. The van der Waals surface area contributed by atoms with Crippen molar-refractivity contribution >= 4 is 40.3 Å².